The molecule has 0 spiro atoms. The molecule has 0 N–H and O–H groups in total. The lowest BCUT2D eigenvalue weighted by atomic mass is 9.78. The number of benzene rings is 1. The fourth-order valence-corrected chi connectivity index (χ4v) is 2.95. The summed E-state index contributed by atoms with van der Waals surface area (Å²) in [4.78, 5) is 12.6. The van der Waals surface area contributed by atoms with Crippen molar-refractivity contribution >= 4 is 5.78 Å². The second kappa shape index (κ2) is 4.25. The van der Waals surface area contributed by atoms with Gasteiger partial charge in [0.1, 0.15) is 5.82 Å². The van der Waals surface area contributed by atoms with Gasteiger partial charge >= 0.3 is 0 Å². The molecule has 1 fully saturated rings. The van der Waals surface area contributed by atoms with Crippen molar-refractivity contribution in [1.29, 1.82) is 0 Å². The number of rotatable bonds is 2. The molecule has 0 saturated heterocycles. The van der Waals surface area contributed by atoms with Gasteiger partial charge in [0.15, 0.2) is 5.78 Å². The molecule has 2 heteroatoms. The molecule has 1 nitrogen and oxygen atoms in total. The molecule has 92 valence electrons. The van der Waals surface area contributed by atoms with Gasteiger partial charge in [-0.2, -0.15) is 0 Å². The predicted molar refractivity (Wildman–Crippen MR) is 66.8 cm³/mol. The van der Waals surface area contributed by atoms with Gasteiger partial charge in [-0.05, 0) is 49.9 Å². The van der Waals surface area contributed by atoms with E-state index in [9.17, 15) is 9.18 Å². The molecule has 1 aliphatic carbocycles. The van der Waals surface area contributed by atoms with Crippen molar-refractivity contribution in [2.24, 2.45) is 5.41 Å². The molecule has 1 aromatic carbocycles. The average molecular weight is 234 g/mol. The summed E-state index contributed by atoms with van der Waals surface area (Å²) in [6.45, 7) is 5.69. The SMILES string of the molecule is Cc1cc(F)cc(C)c1C(=O)C1(C)CCCC1. The third-order valence-corrected chi connectivity index (χ3v) is 3.98. The van der Waals surface area contributed by atoms with Gasteiger partial charge in [0.05, 0.1) is 0 Å². The Morgan fingerprint density at radius 2 is 1.65 bits per heavy atom. The minimum absolute atomic E-state index is 0.199. The normalized spacial score (nSPS) is 18.4. The molecule has 0 atom stereocenters. The van der Waals surface area contributed by atoms with Crippen LogP contribution in [0, 0.1) is 25.1 Å². The Balaban J connectivity index is 2.44. The standard InChI is InChI=1S/C15H19FO/c1-10-8-12(16)9-11(2)13(10)14(17)15(3)6-4-5-7-15/h8-9H,4-7H2,1-3H3. The Morgan fingerprint density at radius 1 is 1.18 bits per heavy atom. The minimum Gasteiger partial charge on any atom is -0.294 e. The highest BCUT2D eigenvalue weighted by Gasteiger charge is 2.37. The zero-order chi connectivity index (χ0) is 12.6. The first kappa shape index (κ1) is 12.3. The molecule has 17 heavy (non-hydrogen) atoms. The highest BCUT2D eigenvalue weighted by molar-refractivity contribution is 6.02. The highest BCUT2D eigenvalue weighted by atomic mass is 19.1. The third kappa shape index (κ3) is 2.13. The number of hydrogen-bond donors (Lipinski definition) is 0. The predicted octanol–water partition coefficient (Wildman–Crippen LogP) is 4.21. The molecule has 1 aromatic rings. The molecule has 2 rings (SSSR count). The molecule has 0 heterocycles. The van der Waals surface area contributed by atoms with Gasteiger partial charge in [0.2, 0.25) is 0 Å². The molecule has 0 bridgehead atoms. The van der Waals surface area contributed by atoms with E-state index in [0.29, 0.717) is 0 Å². The minimum atomic E-state index is -0.256. The Bertz CT molecular complexity index is 433. The lowest BCUT2D eigenvalue weighted by molar-refractivity contribution is 0.0822. The van der Waals surface area contributed by atoms with E-state index in [0.717, 1.165) is 42.4 Å². The second-order valence-electron chi connectivity index (χ2n) is 5.51. The average Bonchev–Trinajstić information content (AvgIpc) is 2.64. The lowest BCUT2D eigenvalue weighted by Crippen LogP contribution is -2.26. The zero-order valence-electron chi connectivity index (χ0n) is 10.8. The van der Waals surface area contributed by atoms with Gasteiger partial charge in [-0.15, -0.1) is 0 Å². The number of aryl methyl sites for hydroxylation is 2. The Hall–Kier alpha value is -1.18. The van der Waals surface area contributed by atoms with Gasteiger partial charge in [-0.1, -0.05) is 19.8 Å². The Labute approximate surface area is 102 Å². The van der Waals surface area contributed by atoms with E-state index in [1.54, 1.807) is 0 Å². The second-order valence-corrected chi connectivity index (χ2v) is 5.51. The summed E-state index contributed by atoms with van der Waals surface area (Å²) in [5, 5.41) is 0. The van der Waals surface area contributed by atoms with E-state index in [1.807, 2.05) is 20.8 Å². The van der Waals surface area contributed by atoms with Gasteiger partial charge in [-0.3, -0.25) is 4.79 Å². The summed E-state index contributed by atoms with van der Waals surface area (Å²) >= 11 is 0. The van der Waals surface area contributed by atoms with E-state index in [-0.39, 0.29) is 17.0 Å². The summed E-state index contributed by atoms with van der Waals surface area (Å²) in [6.07, 6.45) is 4.17. The summed E-state index contributed by atoms with van der Waals surface area (Å²) < 4.78 is 13.2. The Morgan fingerprint density at radius 3 is 2.12 bits per heavy atom. The van der Waals surface area contributed by atoms with Crippen LogP contribution in [0.1, 0.15) is 54.1 Å². The molecular formula is C15H19FO. The van der Waals surface area contributed by atoms with E-state index < -0.39 is 0 Å². The van der Waals surface area contributed by atoms with Crippen molar-refractivity contribution in [3.63, 3.8) is 0 Å². The molecule has 0 aliphatic heterocycles. The Kier molecular flexibility index (Phi) is 3.07. The van der Waals surface area contributed by atoms with Crippen molar-refractivity contribution < 1.29 is 9.18 Å². The number of carbonyl (C=O) groups is 1. The van der Waals surface area contributed by atoms with Crippen molar-refractivity contribution in [3.8, 4) is 0 Å². The number of Topliss-reactive ketones (excluding diaryl/α,β-unsaturated/α-hetero) is 1. The maximum atomic E-state index is 13.2. The topological polar surface area (TPSA) is 17.1 Å². The summed E-state index contributed by atoms with van der Waals surface area (Å²) in [5.41, 5.74) is 2.03. The van der Waals surface area contributed by atoms with Crippen LogP contribution in [0.15, 0.2) is 12.1 Å². The summed E-state index contributed by atoms with van der Waals surface area (Å²) in [6, 6.07) is 2.91. The fraction of sp³-hybridized carbons (Fsp3) is 0.533. The maximum absolute atomic E-state index is 13.2. The number of ketones is 1. The van der Waals surface area contributed by atoms with Gasteiger partial charge in [-0.25, -0.2) is 4.39 Å². The fourth-order valence-electron chi connectivity index (χ4n) is 2.95. The molecule has 0 aromatic heterocycles. The van der Waals surface area contributed by atoms with E-state index in [2.05, 4.69) is 0 Å². The molecular weight excluding hydrogens is 215 g/mol. The van der Waals surface area contributed by atoms with Crippen LogP contribution in [-0.2, 0) is 0 Å². The van der Waals surface area contributed by atoms with Crippen molar-refractivity contribution in [3.05, 3.63) is 34.6 Å². The molecule has 1 saturated carbocycles. The first-order valence-corrected chi connectivity index (χ1v) is 6.25. The number of carbonyl (C=O) groups excluding carboxylic acids is 1. The largest absolute Gasteiger partial charge is 0.294 e. The van der Waals surface area contributed by atoms with Crippen LogP contribution in [0.25, 0.3) is 0 Å². The zero-order valence-corrected chi connectivity index (χ0v) is 10.8. The summed E-state index contributed by atoms with van der Waals surface area (Å²) in [7, 11) is 0. The van der Waals surface area contributed by atoms with Crippen molar-refractivity contribution in [1.82, 2.24) is 0 Å². The lowest BCUT2D eigenvalue weighted by Gasteiger charge is -2.24. The molecule has 0 unspecified atom stereocenters. The van der Waals surface area contributed by atoms with Gasteiger partial charge in [0.25, 0.3) is 0 Å². The summed E-state index contributed by atoms with van der Waals surface area (Å²) in [5.74, 6) is -0.0573. The van der Waals surface area contributed by atoms with Crippen LogP contribution in [0.4, 0.5) is 4.39 Å². The molecule has 1 aliphatic rings. The first-order chi connectivity index (χ1) is 7.94. The number of hydrogen-bond acceptors (Lipinski definition) is 1. The van der Waals surface area contributed by atoms with Crippen LogP contribution in [0.5, 0.6) is 0 Å². The third-order valence-electron chi connectivity index (χ3n) is 3.98. The number of halogens is 1. The van der Waals surface area contributed by atoms with Crippen LogP contribution >= 0.6 is 0 Å². The van der Waals surface area contributed by atoms with Crippen LogP contribution < -0.4 is 0 Å². The highest BCUT2D eigenvalue weighted by Crippen LogP contribution is 2.41. The van der Waals surface area contributed by atoms with Gasteiger partial charge in [0, 0.05) is 11.0 Å². The molecule has 0 amide bonds. The van der Waals surface area contributed by atoms with Crippen molar-refractivity contribution in [2.45, 2.75) is 46.5 Å². The van der Waals surface area contributed by atoms with E-state index in [1.165, 1.54) is 12.1 Å². The van der Waals surface area contributed by atoms with Crippen molar-refractivity contribution in [2.75, 3.05) is 0 Å². The van der Waals surface area contributed by atoms with E-state index >= 15 is 0 Å². The molecule has 0 radical (unpaired) electrons. The van der Waals surface area contributed by atoms with Crippen LogP contribution in [-0.4, -0.2) is 5.78 Å². The quantitative estimate of drug-likeness (QED) is 0.701. The smallest absolute Gasteiger partial charge is 0.169 e. The van der Waals surface area contributed by atoms with Crippen LogP contribution in [0.3, 0.4) is 0 Å². The van der Waals surface area contributed by atoms with E-state index in [4.69, 9.17) is 0 Å². The maximum Gasteiger partial charge on any atom is 0.169 e. The van der Waals surface area contributed by atoms with Gasteiger partial charge < -0.3 is 0 Å². The monoisotopic (exact) mass is 234 g/mol. The van der Waals surface area contributed by atoms with Crippen LogP contribution in [0.2, 0.25) is 0 Å². The first-order valence-electron chi connectivity index (χ1n) is 6.25.